The zero-order valence-electron chi connectivity index (χ0n) is 13.0. The predicted octanol–water partition coefficient (Wildman–Crippen LogP) is 3.15. The molecular formula is C18H18ClN3O2. The maximum Gasteiger partial charge on any atom is 0.251 e. The summed E-state index contributed by atoms with van der Waals surface area (Å²) < 4.78 is 5.70. The molecule has 3 heterocycles. The Morgan fingerprint density at radius 1 is 1.21 bits per heavy atom. The van der Waals surface area contributed by atoms with Gasteiger partial charge in [0.05, 0.1) is 0 Å². The van der Waals surface area contributed by atoms with Crippen molar-refractivity contribution >= 4 is 17.5 Å². The van der Waals surface area contributed by atoms with E-state index in [1.165, 1.54) is 6.42 Å². The lowest BCUT2D eigenvalue weighted by molar-refractivity contribution is 0.0931. The number of amides is 1. The summed E-state index contributed by atoms with van der Waals surface area (Å²) in [5.74, 6) is 1.23. The summed E-state index contributed by atoms with van der Waals surface area (Å²) in [5, 5.41) is 7.04. The van der Waals surface area contributed by atoms with Crippen LogP contribution in [0.4, 0.5) is 0 Å². The van der Waals surface area contributed by atoms with Gasteiger partial charge in [0, 0.05) is 36.0 Å². The van der Waals surface area contributed by atoms with Crippen LogP contribution >= 0.6 is 11.6 Å². The van der Waals surface area contributed by atoms with E-state index in [9.17, 15) is 4.79 Å². The zero-order valence-corrected chi connectivity index (χ0v) is 13.8. The fourth-order valence-electron chi connectivity index (χ4n) is 3.49. The van der Waals surface area contributed by atoms with Gasteiger partial charge in [-0.05, 0) is 49.6 Å². The number of nitrogens with one attached hydrogen (secondary N) is 2. The van der Waals surface area contributed by atoms with Crippen LogP contribution in [0.5, 0.6) is 11.5 Å². The topological polar surface area (TPSA) is 63.2 Å². The van der Waals surface area contributed by atoms with E-state index >= 15 is 0 Å². The lowest BCUT2D eigenvalue weighted by Crippen LogP contribution is -2.42. The van der Waals surface area contributed by atoms with Crippen molar-refractivity contribution < 1.29 is 9.53 Å². The number of nitrogens with zero attached hydrogens (tertiary/aromatic N) is 1. The van der Waals surface area contributed by atoms with Crippen LogP contribution in [0.15, 0.2) is 42.6 Å². The van der Waals surface area contributed by atoms with Crippen molar-refractivity contribution in [3.8, 4) is 11.5 Å². The van der Waals surface area contributed by atoms with Crippen LogP contribution in [0.3, 0.4) is 0 Å². The lowest BCUT2D eigenvalue weighted by Gasteiger charge is -2.21. The molecule has 2 bridgehead atoms. The maximum absolute atomic E-state index is 12.4. The molecule has 1 aromatic carbocycles. The molecule has 1 aromatic heterocycles. The van der Waals surface area contributed by atoms with Gasteiger partial charge in [-0.25, -0.2) is 4.98 Å². The van der Waals surface area contributed by atoms with Crippen LogP contribution in [0, 0.1) is 0 Å². The Bertz CT molecular complexity index is 750. The molecule has 3 atom stereocenters. The number of halogens is 1. The van der Waals surface area contributed by atoms with Crippen molar-refractivity contribution in [2.45, 2.75) is 37.4 Å². The minimum atomic E-state index is -0.0344. The molecule has 2 N–H and O–H groups in total. The van der Waals surface area contributed by atoms with Gasteiger partial charge >= 0.3 is 0 Å². The summed E-state index contributed by atoms with van der Waals surface area (Å²) in [5.41, 5.74) is 0.637. The highest BCUT2D eigenvalue weighted by atomic mass is 35.5. The van der Waals surface area contributed by atoms with Crippen molar-refractivity contribution in [1.82, 2.24) is 15.6 Å². The van der Waals surface area contributed by atoms with Gasteiger partial charge in [-0.3, -0.25) is 4.79 Å². The molecule has 0 radical (unpaired) electrons. The molecule has 2 fully saturated rings. The number of fused-ring (bicyclic) bond motifs is 2. The Kier molecular flexibility index (Phi) is 4.12. The fraction of sp³-hybridized carbons (Fsp3) is 0.333. The van der Waals surface area contributed by atoms with Gasteiger partial charge in [-0.1, -0.05) is 11.6 Å². The summed E-state index contributed by atoms with van der Waals surface area (Å²) in [7, 11) is 0. The molecule has 2 aliphatic rings. The second-order valence-electron chi connectivity index (χ2n) is 6.30. The summed E-state index contributed by atoms with van der Waals surface area (Å²) in [4.78, 5) is 16.3. The molecule has 2 saturated heterocycles. The molecule has 4 rings (SSSR count). The van der Waals surface area contributed by atoms with Crippen molar-refractivity contribution in [2.24, 2.45) is 0 Å². The number of ether oxygens (including phenoxy) is 1. The van der Waals surface area contributed by atoms with Crippen molar-refractivity contribution in [3.63, 3.8) is 0 Å². The number of aromatic nitrogens is 1. The van der Waals surface area contributed by atoms with Gasteiger partial charge in [-0.2, -0.15) is 0 Å². The molecular weight excluding hydrogens is 326 g/mol. The number of pyridine rings is 1. The molecule has 0 saturated carbocycles. The number of carbonyl (C=O) groups excluding carboxylic acids is 1. The lowest BCUT2D eigenvalue weighted by atomic mass is 9.95. The van der Waals surface area contributed by atoms with Gasteiger partial charge in [0.2, 0.25) is 0 Å². The molecule has 124 valence electrons. The van der Waals surface area contributed by atoms with Crippen molar-refractivity contribution in [3.05, 3.63) is 53.3 Å². The first-order chi connectivity index (χ1) is 11.7. The molecule has 2 aromatic rings. The van der Waals surface area contributed by atoms with E-state index in [1.54, 1.807) is 42.6 Å². The van der Waals surface area contributed by atoms with Gasteiger partial charge in [0.1, 0.15) is 16.7 Å². The molecule has 2 aliphatic heterocycles. The standard InChI is InChI=1S/C18H18ClN3O2/c19-17-10-14(7-8-20-17)24-13-4-1-11(2-5-13)18(23)22-16-9-12-3-6-15(16)21-12/h1-2,4-5,7-8,10,12,15-16,21H,3,6,9H2,(H,22,23)/t12-,15+,16-/m1/s1. The highest BCUT2D eigenvalue weighted by Crippen LogP contribution is 2.28. The Balaban J connectivity index is 1.39. The normalized spacial score (nSPS) is 24.8. The number of carbonyl (C=O) groups is 1. The summed E-state index contributed by atoms with van der Waals surface area (Å²) >= 11 is 5.84. The second kappa shape index (κ2) is 6.42. The van der Waals surface area contributed by atoms with Gasteiger partial charge in [0.15, 0.2) is 0 Å². The number of hydrogen-bond acceptors (Lipinski definition) is 4. The Hall–Kier alpha value is -2.11. The third kappa shape index (κ3) is 3.23. The quantitative estimate of drug-likeness (QED) is 0.837. The molecule has 24 heavy (non-hydrogen) atoms. The van der Waals surface area contributed by atoms with Crippen LogP contribution in [0.2, 0.25) is 5.15 Å². The first-order valence-electron chi connectivity index (χ1n) is 8.14. The smallest absolute Gasteiger partial charge is 0.251 e. The predicted molar refractivity (Wildman–Crippen MR) is 91.6 cm³/mol. The molecule has 0 spiro atoms. The van der Waals surface area contributed by atoms with Crippen LogP contribution in [-0.2, 0) is 0 Å². The molecule has 0 aliphatic carbocycles. The summed E-state index contributed by atoms with van der Waals surface area (Å²) in [6, 6.07) is 11.7. The highest BCUT2D eigenvalue weighted by Gasteiger charge is 2.39. The molecule has 5 nitrogen and oxygen atoms in total. The number of hydrogen-bond donors (Lipinski definition) is 2. The zero-order chi connectivity index (χ0) is 16.5. The average molecular weight is 344 g/mol. The van der Waals surface area contributed by atoms with E-state index in [-0.39, 0.29) is 11.9 Å². The minimum absolute atomic E-state index is 0.0344. The van der Waals surface area contributed by atoms with Gasteiger partial charge < -0.3 is 15.4 Å². The first kappa shape index (κ1) is 15.4. The van der Waals surface area contributed by atoms with Gasteiger partial charge in [0.25, 0.3) is 5.91 Å². The Labute approximate surface area is 145 Å². The van der Waals surface area contributed by atoms with E-state index in [2.05, 4.69) is 15.6 Å². The van der Waals surface area contributed by atoms with Crippen LogP contribution in [-0.4, -0.2) is 29.0 Å². The Morgan fingerprint density at radius 3 is 2.71 bits per heavy atom. The van der Waals surface area contributed by atoms with E-state index in [4.69, 9.17) is 16.3 Å². The van der Waals surface area contributed by atoms with E-state index in [0.29, 0.717) is 34.3 Å². The van der Waals surface area contributed by atoms with Gasteiger partial charge in [-0.15, -0.1) is 0 Å². The van der Waals surface area contributed by atoms with Crippen molar-refractivity contribution in [2.75, 3.05) is 0 Å². The third-order valence-corrected chi connectivity index (χ3v) is 4.87. The Morgan fingerprint density at radius 2 is 2.04 bits per heavy atom. The first-order valence-corrected chi connectivity index (χ1v) is 8.51. The molecule has 0 unspecified atom stereocenters. The molecule has 6 heteroatoms. The van der Waals surface area contributed by atoms with Crippen molar-refractivity contribution in [1.29, 1.82) is 0 Å². The third-order valence-electron chi connectivity index (χ3n) is 4.67. The molecule has 1 amide bonds. The highest BCUT2D eigenvalue weighted by molar-refractivity contribution is 6.29. The minimum Gasteiger partial charge on any atom is -0.457 e. The monoisotopic (exact) mass is 343 g/mol. The van der Waals surface area contributed by atoms with E-state index in [1.807, 2.05) is 0 Å². The fourth-order valence-corrected chi connectivity index (χ4v) is 3.66. The van der Waals surface area contributed by atoms with E-state index in [0.717, 1.165) is 12.8 Å². The summed E-state index contributed by atoms with van der Waals surface area (Å²) in [6.45, 7) is 0. The SMILES string of the molecule is O=C(N[C@@H]1C[C@H]2CC[C@@H]1N2)c1ccc(Oc2ccnc(Cl)c2)cc1. The van der Waals surface area contributed by atoms with E-state index < -0.39 is 0 Å². The second-order valence-corrected chi connectivity index (χ2v) is 6.69. The van der Waals surface area contributed by atoms with Crippen LogP contribution in [0.1, 0.15) is 29.6 Å². The average Bonchev–Trinajstić information content (AvgIpc) is 3.18. The number of rotatable bonds is 4. The number of benzene rings is 1. The van der Waals surface area contributed by atoms with Crippen LogP contribution < -0.4 is 15.4 Å². The van der Waals surface area contributed by atoms with Crippen LogP contribution in [0.25, 0.3) is 0 Å². The largest absolute Gasteiger partial charge is 0.457 e. The maximum atomic E-state index is 12.4. The summed E-state index contributed by atoms with van der Waals surface area (Å²) in [6.07, 6.45) is 4.99.